The van der Waals surface area contributed by atoms with Gasteiger partial charge in [0, 0.05) is 37.1 Å². The van der Waals surface area contributed by atoms with Gasteiger partial charge in [-0.05, 0) is 25.8 Å². The number of nitriles is 1. The third-order valence-corrected chi connectivity index (χ3v) is 8.57. The number of aryl methyl sites for hydroxylation is 1. The van der Waals surface area contributed by atoms with E-state index in [1.807, 2.05) is 0 Å². The van der Waals surface area contributed by atoms with Gasteiger partial charge >= 0.3 is 33.6 Å². The summed E-state index contributed by atoms with van der Waals surface area (Å²) in [7, 11) is -6.96. The molecule has 0 unspecified atom stereocenters. The molecule has 0 aliphatic heterocycles. The highest BCUT2D eigenvalue weighted by Gasteiger charge is 2.82. The molecule has 46 heavy (non-hydrogen) atoms. The smallest absolute Gasteiger partial charge is 0.356 e. The molecule has 0 N–H and O–H groups in total. The number of nitrogens with zero attached hydrogens (tertiary/aromatic N) is 7. The van der Waals surface area contributed by atoms with Gasteiger partial charge in [-0.3, -0.25) is 4.79 Å². The van der Waals surface area contributed by atoms with Crippen molar-refractivity contribution in [3.8, 4) is 28.9 Å². The maximum absolute atomic E-state index is 14.2. The van der Waals surface area contributed by atoms with Gasteiger partial charge in [-0.25, -0.2) is 18.7 Å². The SMILES string of the molecule is CCN(C(=O)c1cc(-c2cnn(-c3c(C(F)(F)F)c(OS(=O)(=O)C(F)(C(F)(F)F)C(F)(F)F)nn3C)c2)cnc1Cl)C1(C#N)CC1. The topological polar surface area (TPSA) is 136 Å². The minimum atomic E-state index is -7.63. The largest absolute Gasteiger partial charge is 0.450 e. The van der Waals surface area contributed by atoms with Crippen molar-refractivity contribution in [3.63, 3.8) is 0 Å². The molecule has 250 valence electrons. The minimum absolute atomic E-state index is 0.0178. The molecule has 11 nitrogen and oxygen atoms in total. The molecule has 4 rings (SSSR count). The van der Waals surface area contributed by atoms with Gasteiger partial charge in [0.05, 0.1) is 17.8 Å². The van der Waals surface area contributed by atoms with Gasteiger partial charge in [0.25, 0.3) is 11.8 Å². The fraction of sp³-hybridized carbons (Fsp3) is 0.435. The number of halogens is 11. The number of carbonyl (C=O) groups excluding carboxylic acids is 1. The van der Waals surface area contributed by atoms with Crippen molar-refractivity contribution >= 4 is 27.6 Å². The van der Waals surface area contributed by atoms with Gasteiger partial charge < -0.3 is 9.08 Å². The Morgan fingerprint density at radius 3 is 2.15 bits per heavy atom. The standard InChI is InChI=1S/C23H16ClF10N7O4S/c1-3-40(19(10-35)4-5-19)18(42)13-6-11(7-36-15(13)24)12-8-37-41(9-12)17-14(20(25,26)27)16(38-39(17)2)45-46(43,44)21(28,22(29,30)31)23(32,33)34/h6-9H,3-5H2,1-2H3. The fourth-order valence-electron chi connectivity index (χ4n) is 4.36. The summed E-state index contributed by atoms with van der Waals surface area (Å²) in [4.78, 5) is 18.4. The number of hydrogen-bond donors (Lipinski definition) is 0. The van der Waals surface area contributed by atoms with Crippen LogP contribution in [0.5, 0.6) is 5.88 Å². The van der Waals surface area contributed by atoms with E-state index in [0.717, 1.165) is 18.6 Å². The summed E-state index contributed by atoms with van der Waals surface area (Å²) >= 11 is 6.10. The molecule has 0 atom stereocenters. The number of hydrogen-bond acceptors (Lipinski definition) is 8. The number of amides is 1. The highest BCUT2D eigenvalue weighted by Crippen LogP contribution is 2.51. The molecular formula is C23H16ClF10N7O4S. The maximum Gasteiger partial charge on any atom is 0.450 e. The molecule has 3 heterocycles. The van der Waals surface area contributed by atoms with E-state index in [0.29, 0.717) is 24.6 Å². The van der Waals surface area contributed by atoms with Gasteiger partial charge in [-0.1, -0.05) is 11.6 Å². The monoisotopic (exact) mass is 711 g/mol. The van der Waals surface area contributed by atoms with Gasteiger partial charge in [0.2, 0.25) is 0 Å². The molecule has 0 spiro atoms. The van der Waals surface area contributed by atoms with Crippen LogP contribution in [0.25, 0.3) is 16.9 Å². The van der Waals surface area contributed by atoms with E-state index in [4.69, 9.17) is 11.6 Å². The Kier molecular flexibility index (Phi) is 8.30. The molecule has 1 fully saturated rings. The second kappa shape index (κ2) is 11.0. The lowest BCUT2D eigenvalue weighted by atomic mass is 10.1. The minimum Gasteiger partial charge on any atom is -0.356 e. The van der Waals surface area contributed by atoms with Gasteiger partial charge in [0.1, 0.15) is 10.7 Å². The Balaban J connectivity index is 1.79. The fourth-order valence-corrected chi connectivity index (χ4v) is 5.55. The number of pyridine rings is 1. The first kappa shape index (κ1) is 34.7. The first-order valence-electron chi connectivity index (χ1n) is 12.3. The Bertz CT molecular complexity index is 1830. The van der Waals surface area contributed by atoms with Crippen molar-refractivity contribution in [1.82, 2.24) is 29.4 Å². The lowest BCUT2D eigenvalue weighted by Gasteiger charge is -2.28. The molecule has 1 amide bonds. The van der Waals surface area contributed by atoms with Crippen LogP contribution in [0.15, 0.2) is 24.7 Å². The van der Waals surface area contributed by atoms with Crippen LogP contribution < -0.4 is 4.18 Å². The van der Waals surface area contributed by atoms with E-state index >= 15 is 0 Å². The van der Waals surface area contributed by atoms with Crippen LogP contribution in [-0.2, 0) is 23.3 Å². The summed E-state index contributed by atoms with van der Waals surface area (Å²) in [6.07, 6.45) is -16.6. The van der Waals surface area contributed by atoms with Crippen LogP contribution in [0.3, 0.4) is 0 Å². The first-order chi connectivity index (χ1) is 21.0. The molecular weight excluding hydrogens is 696 g/mol. The van der Waals surface area contributed by atoms with E-state index in [1.165, 1.54) is 11.0 Å². The first-order valence-corrected chi connectivity index (χ1v) is 14.1. The van der Waals surface area contributed by atoms with E-state index in [1.54, 1.807) is 6.92 Å². The van der Waals surface area contributed by atoms with Gasteiger partial charge in [0.15, 0.2) is 11.4 Å². The van der Waals surface area contributed by atoms with Crippen molar-refractivity contribution in [1.29, 1.82) is 5.26 Å². The van der Waals surface area contributed by atoms with Crippen molar-refractivity contribution in [2.24, 2.45) is 7.05 Å². The van der Waals surface area contributed by atoms with Gasteiger partial charge in [-0.2, -0.15) is 58.3 Å². The summed E-state index contributed by atoms with van der Waals surface area (Å²) in [5, 5.41) is 8.67. The molecule has 0 bridgehead atoms. The van der Waals surface area contributed by atoms with E-state index in [2.05, 4.69) is 25.4 Å². The van der Waals surface area contributed by atoms with E-state index in [-0.39, 0.29) is 33.1 Å². The normalized spacial score (nSPS) is 15.4. The summed E-state index contributed by atoms with van der Waals surface area (Å²) in [5.41, 5.74) is -3.65. The van der Waals surface area contributed by atoms with Crippen LogP contribution in [0.4, 0.5) is 43.9 Å². The van der Waals surface area contributed by atoms with Gasteiger partial charge in [-0.15, -0.1) is 5.10 Å². The van der Waals surface area contributed by atoms with Crippen molar-refractivity contribution in [2.75, 3.05) is 6.54 Å². The predicted octanol–water partition coefficient (Wildman–Crippen LogP) is 5.36. The van der Waals surface area contributed by atoms with Crippen LogP contribution in [0.2, 0.25) is 5.15 Å². The van der Waals surface area contributed by atoms with Crippen LogP contribution >= 0.6 is 11.6 Å². The van der Waals surface area contributed by atoms with Crippen molar-refractivity contribution < 1.29 is 61.3 Å². The maximum atomic E-state index is 14.2. The third kappa shape index (κ3) is 5.58. The number of rotatable bonds is 8. The Morgan fingerprint density at radius 2 is 1.67 bits per heavy atom. The molecule has 3 aromatic rings. The van der Waals surface area contributed by atoms with Crippen molar-refractivity contribution in [3.05, 3.63) is 40.9 Å². The summed E-state index contributed by atoms with van der Waals surface area (Å²) in [6, 6.07) is 3.23. The van der Waals surface area contributed by atoms with Crippen LogP contribution in [0.1, 0.15) is 35.7 Å². The molecule has 0 radical (unpaired) electrons. The van der Waals surface area contributed by atoms with Crippen LogP contribution in [-0.4, -0.2) is 73.2 Å². The van der Waals surface area contributed by atoms with E-state index < -0.39 is 62.4 Å². The summed E-state index contributed by atoms with van der Waals surface area (Å²) < 4.78 is 163. The quantitative estimate of drug-likeness (QED) is 0.173. The second-order valence-electron chi connectivity index (χ2n) is 9.68. The molecule has 1 aliphatic rings. The average molecular weight is 712 g/mol. The lowest BCUT2D eigenvalue weighted by molar-refractivity contribution is -0.307. The third-order valence-electron chi connectivity index (χ3n) is 6.74. The zero-order valence-corrected chi connectivity index (χ0v) is 24.3. The zero-order valence-electron chi connectivity index (χ0n) is 22.8. The number of carbonyl (C=O) groups is 1. The summed E-state index contributed by atoms with van der Waals surface area (Å²) in [5.74, 6) is -4.35. The molecule has 0 aromatic carbocycles. The highest BCUT2D eigenvalue weighted by atomic mass is 35.5. The highest BCUT2D eigenvalue weighted by molar-refractivity contribution is 7.88. The summed E-state index contributed by atoms with van der Waals surface area (Å²) in [6.45, 7) is 1.72. The molecule has 3 aromatic heterocycles. The lowest BCUT2D eigenvalue weighted by Crippen LogP contribution is -2.60. The Morgan fingerprint density at radius 1 is 1.09 bits per heavy atom. The molecule has 23 heteroatoms. The van der Waals surface area contributed by atoms with Crippen molar-refractivity contribution in [2.45, 2.75) is 48.8 Å². The second-order valence-corrected chi connectivity index (χ2v) is 11.7. The molecule has 1 saturated carbocycles. The Labute approximate surface area is 256 Å². The zero-order chi connectivity index (χ0) is 34.8. The molecule has 1 aliphatic carbocycles. The molecule has 0 saturated heterocycles. The number of aromatic nitrogens is 5. The predicted molar refractivity (Wildman–Crippen MR) is 133 cm³/mol. The Hall–Kier alpha value is -4.13. The van der Waals surface area contributed by atoms with E-state index in [9.17, 15) is 62.4 Å². The van der Waals surface area contributed by atoms with Crippen LogP contribution in [0, 0.1) is 11.3 Å². The average Bonchev–Trinajstić information content (AvgIpc) is 3.41. The number of alkyl halides is 10.